The summed E-state index contributed by atoms with van der Waals surface area (Å²) in [5.41, 5.74) is 18.9. The van der Waals surface area contributed by atoms with Crippen LogP contribution in [0.15, 0.2) is 188 Å². The molecule has 0 aromatic heterocycles. The molecule has 0 aliphatic heterocycles. The van der Waals surface area contributed by atoms with E-state index in [2.05, 4.69) is 221 Å². The summed E-state index contributed by atoms with van der Waals surface area (Å²) in [4.78, 5) is 2.49. The fourth-order valence-corrected chi connectivity index (χ4v) is 10.1. The van der Waals surface area contributed by atoms with Crippen LogP contribution in [-0.2, 0) is 10.8 Å². The molecule has 0 spiro atoms. The van der Waals surface area contributed by atoms with E-state index >= 15 is 0 Å². The van der Waals surface area contributed by atoms with Crippen molar-refractivity contribution in [2.24, 2.45) is 0 Å². The molecule has 0 fully saturated rings. The molecule has 0 unspecified atom stereocenters. The quantitative estimate of drug-likeness (QED) is 0.170. The summed E-state index contributed by atoms with van der Waals surface area (Å²) in [7, 11) is 0. The summed E-state index contributed by atoms with van der Waals surface area (Å²) in [6.45, 7) is 9.56. The third kappa shape index (κ3) is 5.02. The maximum atomic E-state index is 2.49. The Labute approximate surface area is 335 Å². The van der Waals surface area contributed by atoms with E-state index < -0.39 is 0 Å². The molecule has 57 heavy (non-hydrogen) atoms. The third-order valence-electron chi connectivity index (χ3n) is 13.0. The molecule has 9 aromatic carbocycles. The number of fused-ring (bicyclic) bond motifs is 9. The van der Waals surface area contributed by atoms with Crippen LogP contribution in [0.2, 0.25) is 0 Å². The molecule has 0 saturated carbocycles. The molecule has 2 aliphatic carbocycles. The van der Waals surface area contributed by atoms with Crippen LogP contribution in [0.3, 0.4) is 0 Å². The van der Waals surface area contributed by atoms with Gasteiger partial charge in [0, 0.05) is 27.8 Å². The van der Waals surface area contributed by atoms with Gasteiger partial charge in [-0.1, -0.05) is 167 Å². The maximum Gasteiger partial charge on any atom is 0.0540 e. The van der Waals surface area contributed by atoms with Gasteiger partial charge in [0.05, 0.1) is 5.69 Å². The third-order valence-corrected chi connectivity index (χ3v) is 13.0. The van der Waals surface area contributed by atoms with Crippen LogP contribution >= 0.6 is 0 Å². The van der Waals surface area contributed by atoms with E-state index in [0.717, 1.165) is 17.1 Å². The van der Waals surface area contributed by atoms with Gasteiger partial charge < -0.3 is 4.90 Å². The van der Waals surface area contributed by atoms with Gasteiger partial charge in [-0.25, -0.2) is 0 Å². The zero-order chi connectivity index (χ0) is 38.5. The van der Waals surface area contributed by atoms with Crippen molar-refractivity contribution < 1.29 is 0 Å². The molecule has 0 radical (unpaired) electrons. The van der Waals surface area contributed by atoms with Crippen molar-refractivity contribution in [3.63, 3.8) is 0 Å². The zero-order valence-electron chi connectivity index (χ0n) is 32.8. The maximum absolute atomic E-state index is 2.49. The van der Waals surface area contributed by atoms with Crippen LogP contribution in [0.4, 0.5) is 17.1 Å². The Morgan fingerprint density at radius 1 is 0.333 bits per heavy atom. The van der Waals surface area contributed by atoms with Crippen molar-refractivity contribution in [2.75, 3.05) is 4.90 Å². The lowest BCUT2D eigenvalue weighted by molar-refractivity contribution is 0.661. The second-order valence-electron chi connectivity index (χ2n) is 16.9. The highest BCUT2D eigenvalue weighted by Gasteiger charge is 2.39. The van der Waals surface area contributed by atoms with Gasteiger partial charge in [0.15, 0.2) is 0 Å². The van der Waals surface area contributed by atoms with E-state index in [1.807, 2.05) is 0 Å². The molecular formula is C56H43N. The Balaban J connectivity index is 1.18. The Morgan fingerprint density at radius 2 is 0.982 bits per heavy atom. The molecule has 1 nitrogen and oxygen atoms in total. The van der Waals surface area contributed by atoms with Crippen molar-refractivity contribution in [1.82, 2.24) is 0 Å². The summed E-state index contributed by atoms with van der Waals surface area (Å²) in [6.07, 6.45) is 0. The van der Waals surface area contributed by atoms with E-state index in [1.165, 1.54) is 88.3 Å². The SMILES string of the molecule is CC1(C)c2cc(N(c3ccccc3)c3ccc(-c4ccccc4)cc3-c3cccc4c3-c3c(ccc5ccccc35)C4(C)C)ccc2-c2cc3ccccc3cc21. The van der Waals surface area contributed by atoms with Gasteiger partial charge in [-0.3, -0.25) is 0 Å². The lowest BCUT2D eigenvalue weighted by Crippen LogP contribution is -2.17. The molecule has 0 saturated heterocycles. The Morgan fingerprint density at radius 3 is 1.77 bits per heavy atom. The Hall–Kier alpha value is -6.70. The van der Waals surface area contributed by atoms with Gasteiger partial charge in [0.25, 0.3) is 0 Å². The van der Waals surface area contributed by atoms with Crippen LogP contribution in [-0.4, -0.2) is 0 Å². The smallest absolute Gasteiger partial charge is 0.0540 e. The molecule has 11 rings (SSSR count). The normalized spacial score (nSPS) is 14.2. The number of benzene rings is 9. The monoisotopic (exact) mass is 729 g/mol. The van der Waals surface area contributed by atoms with Gasteiger partial charge in [-0.05, 0) is 131 Å². The molecule has 0 heterocycles. The van der Waals surface area contributed by atoms with Crippen molar-refractivity contribution in [1.29, 1.82) is 0 Å². The lowest BCUT2D eigenvalue weighted by atomic mass is 9.81. The second kappa shape index (κ2) is 12.4. The van der Waals surface area contributed by atoms with Gasteiger partial charge in [-0.15, -0.1) is 0 Å². The van der Waals surface area contributed by atoms with Gasteiger partial charge in [0.1, 0.15) is 0 Å². The van der Waals surface area contributed by atoms with Crippen LogP contribution in [0.25, 0.3) is 66.1 Å². The fraction of sp³-hybridized carbons (Fsp3) is 0.107. The van der Waals surface area contributed by atoms with E-state index in [1.54, 1.807) is 0 Å². The molecule has 9 aromatic rings. The molecule has 0 amide bonds. The van der Waals surface area contributed by atoms with Gasteiger partial charge >= 0.3 is 0 Å². The predicted molar refractivity (Wildman–Crippen MR) is 242 cm³/mol. The minimum atomic E-state index is -0.163. The topological polar surface area (TPSA) is 3.24 Å². The molecular weight excluding hydrogens is 687 g/mol. The van der Waals surface area contributed by atoms with Crippen LogP contribution in [0, 0.1) is 0 Å². The summed E-state index contributed by atoms with van der Waals surface area (Å²) >= 11 is 0. The van der Waals surface area contributed by atoms with E-state index in [0.29, 0.717) is 0 Å². The second-order valence-corrected chi connectivity index (χ2v) is 16.9. The van der Waals surface area contributed by atoms with Crippen molar-refractivity contribution in [3.8, 4) is 44.5 Å². The van der Waals surface area contributed by atoms with Crippen LogP contribution < -0.4 is 4.90 Å². The highest BCUT2D eigenvalue weighted by molar-refractivity contribution is 6.08. The minimum Gasteiger partial charge on any atom is -0.310 e. The number of anilines is 3. The van der Waals surface area contributed by atoms with Crippen molar-refractivity contribution >= 4 is 38.6 Å². The molecule has 2 aliphatic rings. The van der Waals surface area contributed by atoms with Crippen LogP contribution in [0.5, 0.6) is 0 Å². The fourth-order valence-electron chi connectivity index (χ4n) is 10.1. The standard InChI is InChI=1S/C56H43N/c1-55(2)48-25-15-24-45(54(48)53-43-23-14-13-18-37(43)26-30-49(53)55)47-33-40(36-16-7-5-8-17-36)27-31-52(47)57(41-21-9-6-10-22-41)42-28-29-44-46-32-38-19-11-12-20-39(38)34-50(46)56(3,4)51(44)35-42/h5-35H,1-4H3. The average Bonchev–Trinajstić information content (AvgIpc) is 3.62. The molecule has 272 valence electrons. The van der Waals surface area contributed by atoms with Gasteiger partial charge in [-0.2, -0.15) is 0 Å². The summed E-state index contributed by atoms with van der Waals surface area (Å²) in [5.74, 6) is 0. The first-order valence-electron chi connectivity index (χ1n) is 20.2. The summed E-state index contributed by atoms with van der Waals surface area (Å²) in [6, 6.07) is 70.1. The molecule has 0 N–H and O–H groups in total. The van der Waals surface area contributed by atoms with E-state index in [-0.39, 0.29) is 10.8 Å². The average molecular weight is 730 g/mol. The van der Waals surface area contributed by atoms with E-state index in [9.17, 15) is 0 Å². The minimum absolute atomic E-state index is 0.146. The first-order chi connectivity index (χ1) is 27.8. The first kappa shape index (κ1) is 33.6. The van der Waals surface area contributed by atoms with Gasteiger partial charge in [0.2, 0.25) is 0 Å². The summed E-state index contributed by atoms with van der Waals surface area (Å²) in [5, 5.41) is 5.15. The van der Waals surface area contributed by atoms with Crippen molar-refractivity contribution in [2.45, 2.75) is 38.5 Å². The summed E-state index contributed by atoms with van der Waals surface area (Å²) < 4.78 is 0. The number of rotatable bonds is 5. The molecule has 0 atom stereocenters. The highest BCUT2D eigenvalue weighted by atomic mass is 15.1. The van der Waals surface area contributed by atoms with Crippen molar-refractivity contribution in [3.05, 3.63) is 210 Å². The molecule has 0 bridgehead atoms. The van der Waals surface area contributed by atoms with Crippen LogP contribution in [0.1, 0.15) is 49.9 Å². The number of para-hydroxylation sites is 1. The Bertz CT molecular complexity index is 3060. The number of hydrogen-bond acceptors (Lipinski definition) is 1. The number of hydrogen-bond donors (Lipinski definition) is 0. The number of nitrogens with zero attached hydrogens (tertiary/aromatic N) is 1. The Kier molecular flexibility index (Phi) is 7.32. The highest BCUT2D eigenvalue weighted by Crippen LogP contribution is 2.57. The largest absolute Gasteiger partial charge is 0.310 e. The molecule has 1 heteroatoms. The lowest BCUT2D eigenvalue weighted by Gasteiger charge is -2.30. The predicted octanol–water partition coefficient (Wildman–Crippen LogP) is 15.4. The van der Waals surface area contributed by atoms with E-state index in [4.69, 9.17) is 0 Å². The first-order valence-corrected chi connectivity index (χ1v) is 20.2. The zero-order valence-corrected chi connectivity index (χ0v) is 32.8.